The lowest BCUT2D eigenvalue weighted by molar-refractivity contribution is -0.122. The summed E-state index contributed by atoms with van der Waals surface area (Å²) in [5.74, 6) is 1.85. The number of nitrogens with zero attached hydrogens (tertiary/aromatic N) is 4. The van der Waals surface area contributed by atoms with E-state index in [-0.39, 0.29) is 11.5 Å². The summed E-state index contributed by atoms with van der Waals surface area (Å²) < 4.78 is 2.08. The second-order valence-electron chi connectivity index (χ2n) is 9.12. The van der Waals surface area contributed by atoms with Crippen LogP contribution in [0.2, 0.25) is 0 Å². The van der Waals surface area contributed by atoms with Gasteiger partial charge in [0.2, 0.25) is 0 Å². The molecule has 4 rings (SSSR count). The molecule has 0 aromatic carbocycles. The average molecular weight is 457 g/mol. The Morgan fingerprint density at radius 3 is 2.61 bits per heavy atom. The van der Waals surface area contributed by atoms with Gasteiger partial charge in [0, 0.05) is 25.8 Å². The Bertz CT molecular complexity index is 1110. The van der Waals surface area contributed by atoms with Gasteiger partial charge in [-0.05, 0) is 42.4 Å². The molecule has 6 nitrogen and oxygen atoms in total. The molecule has 164 valence electrons. The predicted molar refractivity (Wildman–Crippen MR) is 131 cm³/mol. The van der Waals surface area contributed by atoms with Gasteiger partial charge < -0.3 is 4.90 Å². The minimum absolute atomic E-state index is 0.132. The maximum absolute atomic E-state index is 13.5. The third kappa shape index (κ3) is 4.41. The Labute approximate surface area is 192 Å². The number of carbonyl (C=O) groups is 1. The van der Waals surface area contributed by atoms with E-state index in [0.717, 1.165) is 19.5 Å². The smallest absolute Gasteiger partial charge is 0.267 e. The summed E-state index contributed by atoms with van der Waals surface area (Å²) in [5.41, 5.74) is 0.897. The molecule has 0 bridgehead atoms. The largest absolute Gasteiger partial charge is 0.355 e. The van der Waals surface area contributed by atoms with Crippen LogP contribution in [0.15, 0.2) is 34.1 Å². The first-order valence-electron chi connectivity index (χ1n) is 10.8. The van der Waals surface area contributed by atoms with E-state index in [1.54, 1.807) is 21.6 Å². The number of thiocarbonyl (C=S) groups is 1. The number of pyridine rings is 1. The van der Waals surface area contributed by atoms with E-state index in [9.17, 15) is 9.59 Å². The normalized spacial score (nSPS) is 23.6. The van der Waals surface area contributed by atoms with Crippen molar-refractivity contribution >= 4 is 51.7 Å². The van der Waals surface area contributed by atoms with Gasteiger partial charge in [0.15, 0.2) is 0 Å². The van der Waals surface area contributed by atoms with Gasteiger partial charge in [0.1, 0.15) is 15.8 Å². The van der Waals surface area contributed by atoms with E-state index in [2.05, 4.69) is 32.6 Å². The Morgan fingerprint density at radius 1 is 1.23 bits per heavy atom. The van der Waals surface area contributed by atoms with Gasteiger partial charge in [-0.15, -0.1) is 0 Å². The number of amides is 1. The molecule has 0 radical (unpaired) electrons. The van der Waals surface area contributed by atoms with Crippen molar-refractivity contribution < 1.29 is 4.79 Å². The highest BCUT2D eigenvalue weighted by atomic mass is 32.2. The standard InChI is InChI=1S/C23H28N4O2S2/c1-14(2)11-27-22(29)18(31-23(27)30)10-17-20(25-12-15(3)9-16(4)13-25)24-19-7-5-6-8-26(19)21(17)28/h5-8,10,14-16H,9,11-13H2,1-4H3. The van der Waals surface area contributed by atoms with Crippen LogP contribution in [0.4, 0.5) is 5.82 Å². The molecule has 0 saturated carbocycles. The number of aromatic nitrogens is 2. The van der Waals surface area contributed by atoms with Crippen molar-refractivity contribution in [3.05, 3.63) is 45.2 Å². The molecule has 4 heterocycles. The molecule has 31 heavy (non-hydrogen) atoms. The fourth-order valence-electron chi connectivity index (χ4n) is 4.45. The van der Waals surface area contributed by atoms with Crippen molar-refractivity contribution in [3.8, 4) is 0 Å². The fourth-order valence-corrected chi connectivity index (χ4v) is 5.70. The SMILES string of the molecule is CC(C)CN1C(=O)C(=Cc2c(N3CC(C)CC(C)C3)nc3ccccn3c2=O)SC1=S. The number of fused-ring (bicyclic) bond motifs is 1. The van der Waals surface area contributed by atoms with Crippen LogP contribution in [0.1, 0.15) is 39.7 Å². The number of hydrogen-bond acceptors (Lipinski definition) is 6. The van der Waals surface area contributed by atoms with Crippen LogP contribution < -0.4 is 10.5 Å². The van der Waals surface area contributed by atoms with Crippen LogP contribution in [-0.2, 0) is 4.79 Å². The molecule has 0 aliphatic carbocycles. The fraction of sp³-hybridized carbons (Fsp3) is 0.478. The van der Waals surface area contributed by atoms with Crippen molar-refractivity contribution in [3.63, 3.8) is 0 Å². The van der Waals surface area contributed by atoms with Crippen molar-refractivity contribution in [2.24, 2.45) is 17.8 Å². The molecule has 2 saturated heterocycles. The van der Waals surface area contributed by atoms with Crippen LogP contribution in [-0.4, -0.2) is 44.1 Å². The van der Waals surface area contributed by atoms with Gasteiger partial charge in [0.25, 0.3) is 11.5 Å². The molecule has 2 aliphatic heterocycles. The Kier molecular flexibility index (Phi) is 6.21. The van der Waals surface area contributed by atoms with Gasteiger partial charge >= 0.3 is 0 Å². The van der Waals surface area contributed by atoms with Gasteiger partial charge in [-0.3, -0.25) is 18.9 Å². The van der Waals surface area contributed by atoms with E-state index in [0.29, 0.717) is 50.6 Å². The number of thioether (sulfide) groups is 1. The number of piperidine rings is 1. The minimum atomic E-state index is -0.166. The zero-order chi connectivity index (χ0) is 22.3. The molecule has 2 aromatic heterocycles. The first kappa shape index (κ1) is 22.0. The highest BCUT2D eigenvalue weighted by Crippen LogP contribution is 2.35. The minimum Gasteiger partial charge on any atom is -0.355 e. The molecule has 2 unspecified atom stereocenters. The summed E-state index contributed by atoms with van der Waals surface area (Å²) in [7, 11) is 0. The van der Waals surface area contributed by atoms with Gasteiger partial charge in [0.05, 0.1) is 10.5 Å². The van der Waals surface area contributed by atoms with Crippen molar-refractivity contribution in [2.75, 3.05) is 24.5 Å². The molecular weight excluding hydrogens is 428 g/mol. The molecule has 2 aliphatic rings. The summed E-state index contributed by atoms with van der Waals surface area (Å²) in [5, 5.41) is 0. The van der Waals surface area contributed by atoms with Crippen molar-refractivity contribution in [1.82, 2.24) is 14.3 Å². The maximum Gasteiger partial charge on any atom is 0.267 e. The Morgan fingerprint density at radius 2 is 1.94 bits per heavy atom. The van der Waals surface area contributed by atoms with E-state index >= 15 is 0 Å². The zero-order valence-electron chi connectivity index (χ0n) is 18.4. The Hall–Kier alpha value is -2.19. The molecule has 0 N–H and O–H groups in total. The van der Waals surface area contributed by atoms with Crippen LogP contribution in [0.3, 0.4) is 0 Å². The molecule has 1 amide bonds. The van der Waals surface area contributed by atoms with E-state index < -0.39 is 0 Å². The van der Waals surface area contributed by atoms with Crippen LogP contribution >= 0.6 is 24.0 Å². The summed E-state index contributed by atoms with van der Waals surface area (Å²) in [4.78, 5) is 35.7. The van der Waals surface area contributed by atoms with E-state index in [1.807, 2.05) is 18.2 Å². The van der Waals surface area contributed by atoms with Crippen LogP contribution in [0.5, 0.6) is 0 Å². The monoisotopic (exact) mass is 456 g/mol. The van der Waals surface area contributed by atoms with E-state index in [1.165, 1.54) is 11.8 Å². The highest BCUT2D eigenvalue weighted by Gasteiger charge is 2.33. The molecule has 2 fully saturated rings. The predicted octanol–water partition coefficient (Wildman–Crippen LogP) is 4.03. The first-order chi connectivity index (χ1) is 14.7. The average Bonchev–Trinajstić information content (AvgIpc) is 2.96. The zero-order valence-corrected chi connectivity index (χ0v) is 20.0. The Balaban J connectivity index is 1.84. The number of hydrogen-bond donors (Lipinski definition) is 0. The molecule has 2 aromatic rings. The lowest BCUT2D eigenvalue weighted by atomic mass is 9.91. The molecule has 0 spiro atoms. The van der Waals surface area contributed by atoms with E-state index in [4.69, 9.17) is 17.2 Å². The van der Waals surface area contributed by atoms with Crippen molar-refractivity contribution in [1.29, 1.82) is 0 Å². The van der Waals surface area contributed by atoms with Gasteiger partial charge in [-0.25, -0.2) is 4.98 Å². The second-order valence-corrected chi connectivity index (χ2v) is 10.8. The second kappa shape index (κ2) is 8.74. The third-order valence-corrected chi connectivity index (χ3v) is 6.99. The number of rotatable bonds is 4. The van der Waals surface area contributed by atoms with Crippen LogP contribution in [0.25, 0.3) is 11.7 Å². The topological polar surface area (TPSA) is 57.9 Å². The molecule has 2 atom stereocenters. The lowest BCUT2D eigenvalue weighted by Gasteiger charge is -2.36. The van der Waals surface area contributed by atoms with Crippen molar-refractivity contribution in [2.45, 2.75) is 34.1 Å². The maximum atomic E-state index is 13.5. The first-order valence-corrected chi connectivity index (χ1v) is 12.0. The lowest BCUT2D eigenvalue weighted by Crippen LogP contribution is -2.40. The molecule has 8 heteroatoms. The summed E-state index contributed by atoms with van der Waals surface area (Å²) >= 11 is 6.71. The summed E-state index contributed by atoms with van der Waals surface area (Å²) in [6.45, 7) is 10.8. The number of carbonyl (C=O) groups excluding carboxylic acids is 1. The molecular formula is C23H28N4O2S2. The summed E-state index contributed by atoms with van der Waals surface area (Å²) in [6.07, 6.45) is 4.58. The van der Waals surface area contributed by atoms with Gasteiger partial charge in [-0.2, -0.15) is 0 Å². The third-order valence-electron chi connectivity index (χ3n) is 5.61. The number of anilines is 1. The summed E-state index contributed by atoms with van der Waals surface area (Å²) in [6, 6.07) is 5.53. The van der Waals surface area contributed by atoms with Gasteiger partial charge in [-0.1, -0.05) is 57.7 Å². The van der Waals surface area contributed by atoms with Crippen LogP contribution in [0, 0.1) is 17.8 Å². The quantitative estimate of drug-likeness (QED) is 0.511. The highest BCUT2D eigenvalue weighted by molar-refractivity contribution is 8.26.